The van der Waals surface area contributed by atoms with Crippen LogP contribution in [0.15, 0.2) is 36.5 Å². The van der Waals surface area contributed by atoms with Crippen molar-refractivity contribution in [2.45, 2.75) is 13.8 Å². The fraction of sp³-hybridized carbons (Fsp3) is 0.444. The molecule has 2 aromatic heterocycles. The van der Waals surface area contributed by atoms with Crippen molar-refractivity contribution in [3.05, 3.63) is 36.5 Å². The molecule has 3 rings (SSSR count). The molecule has 132 valence electrons. The van der Waals surface area contributed by atoms with Crippen molar-refractivity contribution in [1.82, 2.24) is 20.1 Å². The Hall–Kier alpha value is -2.21. The van der Waals surface area contributed by atoms with Crippen molar-refractivity contribution in [1.29, 1.82) is 0 Å². The van der Waals surface area contributed by atoms with Crippen molar-refractivity contribution < 1.29 is 4.79 Å². The Morgan fingerprint density at radius 2 is 1.84 bits per heavy atom. The molecule has 1 aliphatic rings. The van der Waals surface area contributed by atoms with E-state index in [-0.39, 0.29) is 5.91 Å². The van der Waals surface area contributed by atoms with E-state index in [1.54, 1.807) is 6.20 Å². The lowest BCUT2D eigenvalue weighted by Gasteiger charge is -2.38. The maximum absolute atomic E-state index is 12.5. The molecule has 0 saturated carbocycles. The molecule has 6 nitrogen and oxygen atoms in total. The summed E-state index contributed by atoms with van der Waals surface area (Å²) in [6.45, 7) is 6.59. The summed E-state index contributed by atoms with van der Waals surface area (Å²) < 4.78 is 0. The molecule has 0 aromatic carbocycles. The van der Waals surface area contributed by atoms with E-state index in [1.165, 1.54) is 0 Å². The van der Waals surface area contributed by atoms with Crippen LogP contribution in [0.1, 0.15) is 13.8 Å². The van der Waals surface area contributed by atoms with Crippen LogP contribution in [0.5, 0.6) is 0 Å². The van der Waals surface area contributed by atoms with Gasteiger partial charge in [-0.2, -0.15) is 0 Å². The van der Waals surface area contributed by atoms with E-state index in [4.69, 9.17) is 11.6 Å². The van der Waals surface area contributed by atoms with Gasteiger partial charge < -0.3 is 9.80 Å². The van der Waals surface area contributed by atoms with Crippen molar-refractivity contribution >= 4 is 23.3 Å². The highest BCUT2D eigenvalue weighted by molar-refractivity contribution is 6.19. The summed E-state index contributed by atoms with van der Waals surface area (Å²) in [7, 11) is 0. The quantitative estimate of drug-likeness (QED) is 0.785. The lowest BCUT2D eigenvalue weighted by Crippen LogP contribution is -2.52. The molecule has 1 aliphatic heterocycles. The monoisotopic (exact) mass is 359 g/mol. The minimum atomic E-state index is -0.520. The van der Waals surface area contributed by atoms with Crippen molar-refractivity contribution in [3.63, 3.8) is 0 Å². The maximum atomic E-state index is 12.5. The number of alkyl halides is 1. The Morgan fingerprint density at radius 3 is 2.40 bits per heavy atom. The van der Waals surface area contributed by atoms with Crippen LogP contribution < -0.4 is 4.90 Å². The summed E-state index contributed by atoms with van der Waals surface area (Å²) in [6, 6.07) is 9.59. The second-order valence-corrected chi connectivity index (χ2v) is 7.06. The number of hydrogen-bond acceptors (Lipinski definition) is 5. The largest absolute Gasteiger partial charge is 0.352 e. The van der Waals surface area contributed by atoms with Gasteiger partial charge in [0.2, 0.25) is 5.91 Å². The second kappa shape index (κ2) is 7.35. The van der Waals surface area contributed by atoms with Gasteiger partial charge in [-0.25, -0.2) is 0 Å². The summed E-state index contributed by atoms with van der Waals surface area (Å²) in [5.74, 6) is 1.26. The maximum Gasteiger partial charge on any atom is 0.229 e. The van der Waals surface area contributed by atoms with Crippen LogP contribution in [0.25, 0.3) is 11.4 Å². The van der Waals surface area contributed by atoms with Crippen LogP contribution in [-0.4, -0.2) is 58.0 Å². The standard InChI is InChI=1S/C18H22ClN5O/c1-18(2,13-19)17(25)24-11-9-23(10-12-24)16-7-6-15(21-22-16)14-5-3-4-8-20-14/h3-8H,9-13H2,1-2H3. The second-order valence-electron chi connectivity index (χ2n) is 6.79. The first kappa shape index (κ1) is 17.6. The first-order valence-corrected chi connectivity index (χ1v) is 8.90. The van der Waals surface area contributed by atoms with Crippen LogP contribution in [0.3, 0.4) is 0 Å². The van der Waals surface area contributed by atoms with E-state index in [0.717, 1.165) is 30.3 Å². The molecule has 7 heteroatoms. The smallest absolute Gasteiger partial charge is 0.229 e. The number of amides is 1. The molecule has 25 heavy (non-hydrogen) atoms. The fourth-order valence-corrected chi connectivity index (χ4v) is 2.88. The number of hydrogen-bond donors (Lipinski definition) is 0. The molecule has 0 aliphatic carbocycles. The van der Waals surface area contributed by atoms with Crippen LogP contribution >= 0.6 is 11.6 Å². The summed E-state index contributed by atoms with van der Waals surface area (Å²) in [4.78, 5) is 20.8. The minimum Gasteiger partial charge on any atom is -0.352 e. The number of anilines is 1. The summed E-state index contributed by atoms with van der Waals surface area (Å²) in [6.07, 6.45) is 1.74. The van der Waals surface area contributed by atoms with Gasteiger partial charge in [-0.3, -0.25) is 9.78 Å². The third-order valence-corrected chi connectivity index (χ3v) is 5.05. The Bertz CT molecular complexity index is 712. The van der Waals surface area contributed by atoms with Gasteiger partial charge in [0.1, 0.15) is 5.69 Å². The van der Waals surface area contributed by atoms with E-state index in [9.17, 15) is 4.79 Å². The molecule has 1 fully saturated rings. The van der Waals surface area contributed by atoms with Crippen LogP contribution in [0.4, 0.5) is 5.82 Å². The summed E-state index contributed by atoms with van der Waals surface area (Å²) >= 11 is 5.92. The third kappa shape index (κ3) is 3.90. The van der Waals surface area contributed by atoms with Gasteiger partial charge in [0, 0.05) is 38.3 Å². The summed E-state index contributed by atoms with van der Waals surface area (Å²) in [5, 5.41) is 8.60. The number of aromatic nitrogens is 3. The van der Waals surface area contributed by atoms with Gasteiger partial charge in [0.05, 0.1) is 11.1 Å². The lowest BCUT2D eigenvalue weighted by atomic mass is 9.94. The SMILES string of the molecule is CC(C)(CCl)C(=O)N1CCN(c2ccc(-c3ccccn3)nn2)CC1. The third-order valence-electron chi connectivity index (χ3n) is 4.38. The summed E-state index contributed by atoms with van der Waals surface area (Å²) in [5.41, 5.74) is 1.04. The number of carbonyl (C=O) groups excluding carboxylic acids is 1. The van der Waals surface area contributed by atoms with E-state index < -0.39 is 5.41 Å². The Morgan fingerprint density at radius 1 is 1.08 bits per heavy atom. The van der Waals surface area contributed by atoms with Gasteiger partial charge in [-0.05, 0) is 38.1 Å². The minimum absolute atomic E-state index is 0.110. The number of halogens is 1. The van der Waals surface area contributed by atoms with Gasteiger partial charge in [0.15, 0.2) is 5.82 Å². The zero-order valence-electron chi connectivity index (χ0n) is 14.5. The number of piperazine rings is 1. The highest BCUT2D eigenvalue weighted by atomic mass is 35.5. The van der Waals surface area contributed by atoms with Crippen LogP contribution in [0.2, 0.25) is 0 Å². The molecule has 0 atom stereocenters. The molecule has 3 heterocycles. The van der Waals surface area contributed by atoms with E-state index >= 15 is 0 Å². The molecule has 2 aromatic rings. The average Bonchev–Trinajstić information content (AvgIpc) is 2.68. The molecule has 0 radical (unpaired) electrons. The highest BCUT2D eigenvalue weighted by Crippen LogP contribution is 2.23. The topological polar surface area (TPSA) is 62.2 Å². The molecule has 0 spiro atoms. The predicted octanol–water partition coefficient (Wildman–Crippen LogP) is 2.45. The van der Waals surface area contributed by atoms with E-state index in [2.05, 4.69) is 20.1 Å². The van der Waals surface area contributed by atoms with Crippen molar-refractivity contribution in [2.75, 3.05) is 37.0 Å². The Balaban J connectivity index is 1.63. The van der Waals surface area contributed by atoms with Gasteiger partial charge in [-0.15, -0.1) is 21.8 Å². The first-order valence-electron chi connectivity index (χ1n) is 8.37. The Kier molecular flexibility index (Phi) is 5.18. The van der Waals surface area contributed by atoms with Crippen molar-refractivity contribution in [2.24, 2.45) is 5.41 Å². The van der Waals surface area contributed by atoms with Crippen LogP contribution in [0, 0.1) is 5.41 Å². The number of nitrogens with zero attached hydrogens (tertiary/aromatic N) is 5. The fourth-order valence-electron chi connectivity index (χ4n) is 2.77. The van der Waals surface area contributed by atoms with Crippen molar-refractivity contribution in [3.8, 4) is 11.4 Å². The van der Waals surface area contributed by atoms with Gasteiger partial charge in [0.25, 0.3) is 0 Å². The predicted molar refractivity (Wildman–Crippen MR) is 98.6 cm³/mol. The molecule has 0 bridgehead atoms. The lowest BCUT2D eigenvalue weighted by molar-refractivity contribution is -0.139. The van der Waals surface area contributed by atoms with Gasteiger partial charge >= 0.3 is 0 Å². The molecule has 1 saturated heterocycles. The van der Waals surface area contributed by atoms with Gasteiger partial charge in [-0.1, -0.05) is 6.07 Å². The van der Waals surface area contributed by atoms with E-state index in [1.807, 2.05) is 49.1 Å². The number of rotatable bonds is 4. The molecule has 1 amide bonds. The molecular formula is C18H22ClN5O. The molecule has 0 unspecified atom stereocenters. The zero-order valence-corrected chi connectivity index (χ0v) is 15.3. The first-order chi connectivity index (χ1) is 12.0. The van der Waals surface area contributed by atoms with Crippen LogP contribution in [-0.2, 0) is 4.79 Å². The average molecular weight is 360 g/mol. The van der Waals surface area contributed by atoms with E-state index in [0.29, 0.717) is 19.0 Å². The highest BCUT2D eigenvalue weighted by Gasteiger charge is 2.33. The normalized spacial score (nSPS) is 15.3. The Labute approximate surface area is 152 Å². The molecule has 0 N–H and O–H groups in total. The zero-order chi connectivity index (χ0) is 17.9. The number of pyridine rings is 1. The molecular weight excluding hydrogens is 338 g/mol. The number of carbonyl (C=O) groups is 1.